The van der Waals surface area contributed by atoms with E-state index in [1.165, 1.54) is 10.6 Å². The average Bonchev–Trinajstić information content (AvgIpc) is 3.71. The third kappa shape index (κ3) is 6.84. The number of ether oxygens (including phenoxy) is 2. The predicted molar refractivity (Wildman–Crippen MR) is 176 cm³/mol. The molecule has 0 fully saturated rings. The number of hydrogen-bond donors (Lipinski definition) is 0. The Labute approximate surface area is 273 Å². The maximum atomic E-state index is 14.0. The molecule has 11 heteroatoms. The van der Waals surface area contributed by atoms with Gasteiger partial charge in [0.25, 0.3) is 17.4 Å². The summed E-state index contributed by atoms with van der Waals surface area (Å²) in [7, 11) is 3.22. The van der Waals surface area contributed by atoms with E-state index in [1.54, 1.807) is 49.7 Å². The highest BCUT2D eigenvalue weighted by Crippen LogP contribution is 2.32. The summed E-state index contributed by atoms with van der Waals surface area (Å²) >= 11 is 0. The standard InChI is InChI=1S/C36H39N5O6/c1-38-19-13-26(24-33(38)43)35(44)41-16-4-3-15-40(36(45)29-8-5-7-28-27(29)10-11-30(28)42)18-6-17-39-20-14-37-34(39)25-9-12-31(46-2)32(23-25)47-22-21-41/h5,7-9,12-14,19-20,23-24H,3-4,6,10-11,15-18,21-22H2,1-2H3. The summed E-state index contributed by atoms with van der Waals surface area (Å²) < 4.78 is 15.2. The zero-order chi connectivity index (χ0) is 32.9. The van der Waals surface area contributed by atoms with Gasteiger partial charge in [0.15, 0.2) is 17.3 Å². The van der Waals surface area contributed by atoms with Crippen LogP contribution in [0.3, 0.4) is 0 Å². The van der Waals surface area contributed by atoms with Crippen LogP contribution in [0.2, 0.25) is 0 Å². The molecule has 244 valence electrons. The zero-order valence-corrected chi connectivity index (χ0v) is 26.8. The van der Waals surface area contributed by atoms with E-state index in [0.29, 0.717) is 86.5 Å². The highest BCUT2D eigenvalue weighted by Gasteiger charge is 2.27. The molecule has 0 saturated carbocycles. The molecule has 0 atom stereocenters. The molecule has 2 aliphatic rings. The van der Waals surface area contributed by atoms with Gasteiger partial charge in [0.1, 0.15) is 12.4 Å². The number of aryl methyl sites for hydroxylation is 2. The van der Waals surface area contributed by atoms with Gasteiger partial charge < -0.3 is 28.4 Å². The SMILES string of the molecule is COc1ccc2cc1OCCN(C(=O)c1ccn(C)c(=O)c1)CCCCN(C(=O)c1cccc3c1CCC3=O)CCCn1ccnc1-2. The van der Waals surface area contributed by atoms with Gasteiger partial charge in [0.2, 0.25) is 0 Å². The van der Waals surface area contributed by atoms with Gasteiger partial charge in [-0.05, 0) is 61.6 Å². The van der Waals surface area contributed by atoms with Crippen molar-refractivity contribution in [1.82, 2.24) is 23.9 Å². The number of aromatic nitrogens is 3. The second-order valence-electron chi connectivity index (χ2n) is 11.9. The van der Waals surface area contributed by atoms with E-state index in [9.17, 15) is 19.2 Å². The van der Waals surface area contributed by atoms with E-state index in [4.69, 9.17) is 9.47 Å². The first-order valence-corrected chi connectivity index (χ1v) is 16.1. The zero-order valence-electron chi connectivity index (χ0n) is 26.8. The summed E-state index contributed by atoms with van der Waals surface area (Å²) in [6.07, 6.45) is 8.26. The van der Waals surface area contributed by atoms with Crippen molar-refractivity contribution in [3.8, 4) is 22.9 Å². The van der Waals surface area contributed by atoms with Crippen molar-refractivity contribution in [3.05, 3.63) is 99.7 Å². The number of amides is 2. The molecule has 6 rings (SSSR count). The molecule has 2 amide bonds. The molecule has 0 N–H and O–H groups in total. The number of Topliss-reactive ketones (excluding diaryl/α,β-unsaturated/α-hetero) is 1. The summed E-state index contributed by atoms with van der Waals surface area (Å²) in [4.78, 5) is 60.6. The van der Waals surface area contributed by atoms with Crippen molar-refractivity contribution < 1.29 is 23.9 Å². The van der Waals surface area contributed by atoms with E-state index < -0.39 is 0 Å². The molecule has 0 spiro atoms. The van der Waals surface area contributed by atoms with Gasteiger partial charge in [0.05, 0.1) is 13.7 Å². The number of pyridine rings is 1. The maximum Gasteiger partial charge on any atom is 0.254 e. The first-order valence-electron chi connectivity index (χ1n) is 16.1. The van der Waals surface area contributed by atoms with Crippen LogP contribution in [-0.2, 0) is 20.0 Å². The number of rotatable bonds is 3. The fraction of sp³-hybridized carbons (Fsp3) is 0.361. The third-order valence-corrected chi connectivity index (χ3v) is 8.92. The van der Waals surface area contributed by atoms with Gasteiger partial charge in [-0.25, -0.2) is 4.98 Å². The normalized spacial score (nSPS) is 15.7. The van der Waals surface area contributed by atoms with Crippen molar-refractivity contribution in [2.45, 2.75) is 38.6 Å². The average molecular weight is 638 g/mol. The van der Waals surface area contributed by atoms with Crippen molar-refractivity contribution in [2.75, 3.05) is 39.9 Å². The summed E-state index contributed by atoms with van der Waals surface area (Å²) in [6.45, 7) is 2.56. The Hall–Kier alpha value is -5.19. The van der Waals surface area contributed by atoms with Crippen molar-refractivity contribution in [2.24, 2.45) is 7.05 Å². The lowest BCUT2D eigenvalue weighted by molar-refractivity contribution is 0.0703. The smallest absolute Gasteiger partial charge is 0.254 e. The largest absolute Gasteiger partial charge is 0.493 e. The summed E-state index contributed by atoms with van der Waals surface area (Å²) in [5, 5.41) is 0. The Morgan fingerprint density at radius 2 is 1.64 bits per heavy atom. The Morgan fingerprint density at radius 3 is 2.43 bits per heavy atom. The van der Waals surface area contributed by atoms with Crippen LogP contribution in [0.5, 0.6) is 11.5 Å². The lowest BCUT2D eigenvalue weighted by Gasteiger charge is -2.26. The van der Waals surface area contributed by atoms with Gasteiger partial charge in [-0.2, -0.15) is 0 Å². The van der Waals surface area contributed by atoms with Crippen LogP contribution >= 0.6 is 0 Å². The van der Waals surface area contributed by atoms with Gasteiger partial charge >= 0.3 is 0 Å². The van der Waals surface area contributed by atoms with E-state index in [0.717, 1.165) is 17.0 Å². The molecule has 11 nitrogen and oxygen atoms in total. The number of carbonyl (C=O) groups excluding carboxylic acids is 3. The number of carbonyl (C=O) groups is 3. The highest BCUT2D eigenvalue weighted by atomic mass is 16.5. The minimum absolute atomic E-state index is 0.0814. The van der Waals surface area contributed by atoms with Crippen LogP contribution in [0, 0.1) is 0 Å². The topological polar surface area (TPSA) is 116 Å². The van der Waals surface area contributed by atoms with Gasteiger partial charge in [-0.3, -0.25) is 19.2 Å². The molecular weight excluding hydrogens is 598 g/mol. The number of hydrogen-bond acceptors (Lipinski definition) is 7. The van der Waals surface area contributed by atoms with Gasteiger partial charge in [-0.1, -0.05) is 12.1 Å². The van der Waals surface area contributed by atoms with Crippen molar-refractivity contribution in [1.29, 1.82) is 0 Å². The Bertz CT molecular complexity index is 1860. The number of imidazole rings is 1. The molecule has 0 unspecified atom stereocenters. The Kier molecular flexibility index (Phi) is 9.51. The highest BCUT2D eigenvalue weighted by molar-refractivity contribution is 6.05. The van der Waals surface area contributed by atoms with Crippen LogP contribution in [0.25, 0.3) is 11.4 Å². The maximum absolute atomic E-state index is 14.0. The third-order valence-electron chi connectivity index (χ3n) is 8.92. The Balaban J connectivity index is 1.29. The van der Waals surface area contributed by atoms with Gasteiger partial charge in [-0.15, -0.1) is 0 Å². The van der Waals surface area contributed by atoms with Crippen molar-refractivity contribution >= 4 is 17.6 Å². The molecule has 1 aliphatic heterocycles. The number of methoxy groups -OCH3 is 1. The first-order chi connectivity index (χ1) is 22.8. The lowest BCUT2D eigenvalue weighted by Crippen LogP contribution is -2.37. The fourth-order valence-corrected chi connectivity index (χ4v) is 6.34. The summed E-state index contributed by atoms with van der Waals surface area (Å²) in [5.41, 5.74) is 2.98. The van der Waals surface area contributed by atoms with E-state index in [-0.39, 0.29) is 36.3 Å². The predicted octanol–water partition coefficient (Wildman–Crippen LogP) is 4.23. The number of nitrogens with zero attached hydrogens (tertiary/aromatic N) is 5. The molecule has 2 aromatic carbocycles. The molecule has 4 aromatic rings. The first kappa shape index (κ1) is 31.8. The molecule has 0 radical (unpaired) electrons. The lowest BCUT2D eigenvalue weighted by atomic mass is 10.0. The molecule has 3 heterocycles. The molecule has 2 bridgehead atoms. The number of fused-ring (bicyclic) bond motifs is 5. The van der Waals surface area contributed by atoms with E-state index in [2.05, 4.69) is 9.55 Å². The monoisotopic (exact) mass is 637 g/mol. The molecule has 47 heavy (non-hydrogen) atoms. The molecular formula is C36H39N5O6. The second kappa shape index (κ2) is 14.1. The van der Waals surface area contributed by atoms with Crippen LogP contribution in [0.15, 0.2) is 71.9 Å². The van der Waals surface area contributed by atoms with Crippen LogP contribution < -0.4 is 15.0 Å². The van der Waals surface area contributed by atoms with Crippen LogP contribution in [0.1, 0.15) is 62.3 Å². The minimum Gasteiger partial charge on any atom is -0.493 e. The van der Waals surface area contributed by atoms with Crippen molar-refractivity contribution in [3.63, 3.8) is 0 Å². The minimum atomic E-state index is -0.263. The Morgan fingerprint density at radius 1 is 0.851 bits per heavy atom. The molecule has 1 aliphatic carbocycles. The van der Waals surface area contributed by atoms with E-state index >= 15 is 0 Å². The van der Waals surface area contributed by atoms with Crippen LogP contribution in [-0.4, -0.2) is 81.4 Å². The summed E-state index contributed by atoms with van der Waals surface area (Å²) in [5.74, 6) is 1.61. The van der Waals surface area contributed by atoms with E-state index in [1.807, 2.05) is 35.4 Å². The quantitative estimate of drug-likeness (QED) is 0.330. The molecule has 0 saturated heterocycles. The summed E-state index contributed by atoms with van der Waals surface area (Å²) in [6, 6.07) is 14.1. The molecule has 2 aromatic heterocycles. The van der Waals surface area contributed by atoms with Gasteiger partial charge in [0, 0.05) is 86.6 Å². The second-order valence-corrected chi connectivity index (χ2v) is 11.9. The number of benzene rings is 2. The van der Waals surface area contributed by atoms with Crippen LogP contribution in [0.4, 0.5) is 0 Å². The fourth-order valence-electron chi connectivity index (χ4n) is 6.34. The number of ketones is 1.